The summed E-state index contributed by atoms with van der Waals surface area (Å²) in [4.78, 5) is 12.0. The van der Waals surface area contributed by atoms with E-state index in [0.29, 0.717) is 18.1 Å². The number of nitrogens with zero attached hydrogens (tertiary/aromatic N) is 4. The molecular weight excluding hydrogens is 489 g/mol. The van der Waals surface area contributed by atoms with Gasteiger partial charge in [0, 0.05) is 58.4 Å². The van der Waals surface area contributed by atoms with Crippen molar-refractivity contribution in [2.45, 2.75) is 58.5 Å². The van der Waals surface area contributed by atoms with E-state index in [1.165, 1.54) is 5.56 Å². The number of aliphatic imine (C=N–C) groups is 1. The van der Waals surface area contributed by atoms with Gasteiger partial charge in [-0.1, -0.05) is 30.3 Å². The molecule has 0 radical (unpaired) electrons. The molecule has 0 spiro atoms. The number of nitrogens with one attached hydrogen (secondary N) is 1. The minimum Gasteiger partial charge on any atom is -0.373 e. The van der Waals surface area contributed by atoms with Crippen LogP contribution in [-0.4, -0.2) is 91.3 Å². The smallest absolute Gasteiger partial charge is 0.193 e. The maximum absolute atomic E-state index is 6.13. The van der Waals surface area contributed by atoms with E-state index >= 15 is 0 Å². The number of hydrogen-bond acceptors (Lipinski definition) is 4. The Morgan fingerprint density at radius 1 is 1.17 bits per heavy atom. The number of likely N-dealkylation sites (tertiary alicyclic amines) is 1. The Hall–Kier alpha value is -0.900. The zero-order chi connectivity index (χ0) is 20.8. The van der Waals surface area contributed by atoms with Crippen molar-refractivity contribution >= 4 is 29.9 Å². The van der Waals surface area contributed by atoms with E-state index < -0.39 is 0 Å². The number of benzene rings is 1. The van der Waals surface area contributed by atoms with E-state index in [1.807, 2.05) is 7.05 Å². The molecule has 1 N–H and O–H groups in total. The molecule has 1 aromatic carbocycles. The molecule has 2 unspecified atom stereocenters. The molecule has 7 heteroatoms. The molecule has 0 saturated carbocycles. The predicted molar refractivity (Wildman–Crippen MR) is 136 cm³/mol. The Labute approximate surface area is 200 Å². The third-order valence-corrected chi connectivity index (χ3v) is 6.14. The molecule has 6 nitrogen and oxygen atoms in total. The fourth-order valence-corrected chi connectivity index (χ4v) is 4.69. The number of halogens is 1. The van der Waals surface area contributed by atoms with E-state index in [-0.39, 0.29) is 30.1 Å². The first-order valence-electron chi connectivity index (χ1n) is 11.1. The van der Waals surface area contributed by atoms with Gasteiger partial charge < -0.3 is 15.0 Å². The Balaban J connectivity index is 0.00000320. The first-order chi connectivity index (χ1) is 14.0. The first kappa shape index (κ1) is 25.4. The van der Waals surface area contributed by atoms with Crippen molar-refractivity contribution < 1.29 is 4.74 Å². The van der Waals surface area contributed by atoms with Crippen molar-refractivity contribution in [2.24, 2.45) is 4.99 Å². The Morgan fingerprint density at radius 2 is 1.87 bits per heavy atom. The highest BCUT2D eigenvalue weighted by molar-refractivity contribution is 14.0. The van der Waals surface area contributed by atoms with Gasteiger partial charge in [0.15, 0.2) is 5.96 Å². The van der Waals surface area contributed by atoms with Crippen LogP contribution in [0.2, 0.25) is 0 Å². The van der Waals surface area contributed by atoms with Gasteiger partial charge in [-0.15, -0.1) is 24.0 Å². The number of guanidine groups is 1. The molecule has 1 aromatic rings. The first-order valence-corrected chi connectivity index (χ1v) is 11.1. The van der Waals surface area contributed by atoms with E-state index in [4.69, 9.17) is 4.74 Å². The monoisotopic (exact) mass is 529 g/mol. The Bertz CT molecular complexity index is 646. The van der Waals surface area contributed by atoms with Gasteiger partial charge in [0.1, 0.15) is 0 Å². The van der Waals surface area contributed by atoms with Crippen LogP contribution in [0.4, 0.5) is 0 Å². The summed E-state index contributed by atoms with van der Waals surface area (Å²) in [5.74, 6) is 0.995. The summed E-state index contributed by atoms with van der Waals surface area (Å²) < 4.78 is 6.13. The number of morpholine rings is 1. The highest BCUT2D eigenvalue weighted by Crippen LogP contribution is 2.24. The normalized spacial score (nSPS) is 22.5. The average Bonchev–Trinajstić information content (AvgIpc) is 3.13. The van der Waals surface area contributed by atoms with Crippen LogP contribution in [0, 0.1) is 0 Å². The summed E-state index contributed by atoms with van der Waals surface area (Å²) >= 11 is 0. The number of ether oxygens (including phenoxy) is 1. The minimum absolute atomic E-state index is 0. The lowest BCUT2D eigenvalue weighted by Gasteiger charge is -2.36. The highest BCUT2D eigenvalue weighted by Gasteiger charge is 2.41. The fraction of sp³-hybridized carbons (Fsp3) is 0.696. The van der Waals surface area contributed by atoms with Crippen molar-refractivity contribution in [1.29, 1.82) is 0 Å². The van der Waals surface area contributed by atoms with Crippen molar-refractivity contribution in [3.05, 3.63) is 35.9 Å². The summed E-state index contributed by atoms with van der Waals surface area (Å²) in [5, 5.41) is 3.59. The van der Waals surface area contributed by atoms with Crippen LogP contribution in [0.1, 0.15) is 33.3 Å². The molecular formula is C23H40IN5O. The summed E-state index contributed by atoms with van der Waals surface area (Å²) in [6.45, 7) is 15.6. The zero-order valence-corrected chi connectivity index (χ0v) is 21.6. The van der Waals surface area contributed by atoms with Crippen molar-refractivity contribution in [3.8, 4) is 0 Å². The molecule has 30 heavy (non-hydrogen) atoms. The van der Waals surface area contributed by atoms with Gasteiger partial charge in [0.25, 0.3) is 0 Å². The molecule has 0 amide bonds. The van der Waals surface area contributed by atoms with Gasteiger partial charge in [-0.25, -0.2) is 0 Å². The third kappa shape index (κ3) is 6.55. The third-order valence-electron chi connectivity index (χ3n) is 6.14. The van der Waals surface area contributed by atoms with Gasteiger partial charge in [0.2, 0.25) is 0 Å². The number of rotatable bonds is 7. The highest BCUT2D eigenvalue weighted by atomic mass is 127. The minimum atomic E-state index is 0. The van der Waals surface area contributed by atoms with E-state index in [0.717, 1.165) is 51.8 Å². The second kappa shape index (κ2) is 12.2. The van der Waals surface area contributed by atoms with Crippen LogP contribution >= 0.6 is 24.0 Å². The van der Waals surface area contributed by atoms with Crippen LogP contribution in [0.15, 0.2) is 35.3 Å². The van der Waals surface area contributed by atoms with Crippen molar-refractivity contribution in [3.63, 3.8) is 0 Å². The fourth-order valence-electron chi connectivity index (χ4n) is 4.69. The van der Waals surface area contributed by atoms with Gasteiger partial charge in [-0.05, 0) is 33.3 Å². The lowest BCUT2D eigenvalue weighted by Crippen LogP contribution is -2.50. The summed E-state index contributed by atoms with van der Waals surface area (Å²) in [6.07, 6.45) is 0.258. The molecule has 170 valence electrons. The topological polar surface area (TPSA) is 43.3 Å². The molecule has 0 aromatic heterocycles. The number of hydrogen-bond donors (Lipinski definition) is 1. The van der Waals surface area contributed by atoms with Crippen molar-refractivity contribution in [2.75, 3.05) is 46.4 Å². The van der Waals surface area contributed by atoms with Crippen LogP contribution in [0.5, 0.6) is 0 Å². The SMILES string of the molecule is CN=C(NCCN(C(C)C)C(C)C)N1CC2OCCN(Cc3ccccc3)C2C1.I. The molecule has 0 bridgehead atoms. The van der Waals surface area contributed by atoms with Gasteiger partial charge >= 0.3 is 0 Å². The zero-order valence-electron chi connectivity index (χ0n) is 19.3. The van der Waals surface area contributed by atoms with Crippen LogP contribution in [0.25, 0.3) is 0 Å². The van der Waals surface area contributed by atoms with Gasteiger partial charge in [-0.2, -0.15) is 0 Å². The summed E-state index contributed by atoms with van der Waals surface area (Å²) in [7, 11) is 1.88. The van der Waals surface area contributed by atoms with Crippen LogP contribution in [-0.2, 0) is 11.3 Å². The molecule has 2 heterocycles. The maximum atomic E-state index is 6.13. The quantitative estimate of drug-likeness (QED) is 0.335. The predicted octanol–water partition coefficient (Wildman–Crippen LogP) is 2.88. The number of fused-ring (bicyclic) bond motifs is 1. The lowest BCUT2D eigenvalue weighted by atomic mass is 10.1. The molecule has 2 aliphatic heterocycles. The maximum Gasteiger partial charge on any atom is 0.193 e. The average molecular weight is 530 g/mol. The van der Waals surface area contributed by atoms with Gasteiger partial charge in [0.05, 0.1) is 18.8 Å². The Morgan fingerprint density at radius 3 is 2.50 bits per heavy atom. The largest absolute Gasteiger partial charge is 0.373 e. The van der Waals surface area contributed by atoms with E-state index in [1.54, 1.807) is 0 Å². The molecule has 2 aliphatic rings. The molecule has 2 fully saturated rings. The van der Waals surface area contributed by atoms with Crippen LogP contribution < -0.4 is 5.32 Å². The summed E-state index contributed by atoms with van der Waals surface area (Å²) in [6, 6.07) is 12.3. The summed E-state index contributed by atoms with van der Waals surface area (Å²) in [5.41, 5.74) is 1.37. The Kier molecular flexibility index (Phi) is 10.3. The van der Waals surface area contributed by atoms with Crippen LogP contribution in [0.3, 0.4) is 0 Å². The lowest BCUT2D eigenvalue weighted by molar-refractivity contribution is -0.0502. The van der Waals surface area contributed by atoms with E-state index in [2.05, 4.69) is 83.0 Å². The molecule has 3 rings (SSSR count). The second-order valence-electron chi connectivity index (χ2n) is 8.74. The van der Waals surface area contributed by atoms with Crippen molar-refractivity contribution in [1.82, 2.24) is 20.0 Å². The molecule has 0 aliphatic carbocycles. The molecule has 2 saturated heterocycles. The standard InChI is InChI=1S/C23H39N5O.HI/c1-18(2)28(19(3)4)12-11-25-23(24-5)27-16-21-22(17-27)29-14-13-26(21)15-20-9-7-6-8-10-20;/h6-10,18-19,21-22H,11-17H2,1-5H3,(H,24,25);1H. The molecule has 2 atom stereocenters. The second-order valence-corrected chi connectivity index (χ2v) is 8.74. The van der Waals surface area contributed by atoms with E-state index in [9.17, 15) is 0 Å². The van der Waals surface area contributed by atoms with Gasteiger partial charge in [-0.3, -0.25) is 14.8 Å².